The largest absolute Gasteiger partial charge is 0.328 e. The molecular formula is C7H12ClN2O2PS2. The second kappa shape index (κ2) is 5.17. The predicted octanol–water partition coefficient (Wildman–Crippen LogP) is 2.02. The first-order valence-corrected chi connectivity index (χ1v) is 8.22. The fourth-order valence-electron chi connectivity index (χ4n) is 1.11. The Morgan fingerprint density at radius 2 is 2.00 bits per heavy atom. The van der Waals surface area contributed by atoms with Crippen molar-refractivity contribution in [1.29, 1.82) is 0 Å². The molecular weight excluding hydrogens is 275 g/mol. The molecule has 0 saturated heterocycles. The Balaban J connectivity index is 3.33. The predicted molar refractivity (Wildman–Crippen MR) is 67.9 cm³/mol. The Hall–Kier alpha value is 0.420. The lowest BCUT2D eigenvalue weighted by Gasteiger charge is -2.14. The van der Waals surface area contributed by atoms with Gasteiger partial charge in [-0.15, -0.1) is 11.8 Å². The molecule has 1 aromatic rings. The van der Waals surface area contributed by atoms with E-state index < -0.39 is 6.49 Å². The van der Waals surface area contributed by atoms with Gasteiger partial charge < -0.3 is 9.05 Å². The van der Waals surface area contributed by atoms with Crippen molar-refractivity contribution >= 4 is 47.1 Å². The molecule has 4 nitrogen and oxygen atoms in total. The molecule has 0 radical (unpaired) electrons. The summed E-state index contributed by atoms with van der Waals surface area (Å²) in [5, 5.41) is 5.64. The first kappa shape index (κ1) is 13.5. The number of halogens is 1. The molecule has 0 fully saturated rings. The Kier molecular flexibility index (Phi) is 4.64. The molecule has 0 N–H and O–H groups in total. The van der Waals surface area contributed by atoms with Gasteiger partial charge in [0.1, 0.15) is 10.0 Å². The van der Waals surface area contributed by atoms with E-state index in [0.717, 1.165) is 5.03 Å². The van der Waals surface area contributed by atoms with Gasteiger partial charge in [0.25, 0.3) is 0 Å². The third kappa shape index (κ3) is 2.40. The zero-order valence-electron chi connectivity index (χ0n) is 8.85. The number of nitrogens with zero attached hydrogens (tertiary/aromatic N) is 2. The molecule has 0 aromatic carbocycles. The summed E-state index contributed by atoms with van der Waals surface area (Å²) in [6, 6.07) is 0. The maximum atomic E-state index is 6.17. The summed E-state index contributed by atoms with van der Waals surface area (Å²) in [5.74, 6) is 0. The molecule has 0 atom stereocenters. The lowest BCUT2D eigenvalue weighted by molar-refractivity contribution is 0.346. The van der Waals surface area contributed by atoms with Crippen molar-refractivity contribution in [3.63, 3.8) is 0 Å². The smallest absolute Gasteiger partial charge is 0.240 e. The molecule has 15 heavy (non-hydrogen) atoms. The lowest BCUT2D eigenvalue weighted by atomic mass is 10.7. The van der Waals surface area contributed by atoms with Gasteiger partial charge in [-0.2, -0.15) is 5.10 Å². The molecule has 0 aliphatic heterocycles. The van der Waals surface area contributed by atoms with Crippen LogP contribution < -0.4 is 5.44 Å². The quantitative estimate of drug-likeness (QED) is 0.625. The third-order valence-electron chi connectivity index (χ3n) is 1.86. The molecule has 0 unspecified atom stereocenters. The van der Waals surface area contributed by atoms with Gasteiger partial charge >= 0.3 is 0 Å². The van der Waals surface area contributed by atoms with Crippen molar-refractivity contribution in [2.24, 2.45) is 7.05 Å². The highest BCUT2D eigenvalue weighted by Gasteiger charge is 2.28. The molecule has 0 aliphatic rings. The number of aryl methyl sites for hydroxylation is 1. The summed E-state index contributed by atoms with van der Waals surface area (Å²) < 4.78 is 12.1. The SMILES string of the molecule is COP(=S)(OC)c1nn(C)c(SC)c1Cl. The highest BCUT2D eigenvalue weighted by Crippen LogP contribution is 2.48. The van der Waals surface area contributed by atoms with Gasteiger partial charge in [-0.1, -0.05) is 11.6 Å². The second-order valence-corrected chi connectivity index (χ2v) is 7.40. The van der Waals surface area contributed by atoms with Crippen molar-refractivity contribution < 1.29 is 9.05 Å². The number of rotatable bonds is 4. The van der Waals surface area contributed by atoms with E-state index in [4.69, 9.17) is 32.5 Å². The van der Waals surface area contributed by atoms with Crippen LogP contribution >= 0.6 is 29.9 Å². The summed E-state index contributed by atoms with van der Waals surface area (Å²) in [6.45, 7) is -2.53. The van der Waals surface area contributed by atoms with E-state index in [0.29, 0.717) is 10.5 Å². The Morgan fingerprint density at radius 1 is 1.47 bits per heavy atom. The number of thioether (sulfide) groups is 1. The molecule has 0 amide bonds. The van der Waals surface area contributed by atoms with Gasteiger partial charge in [-0.05, 0) is 18.1 Å². The molecule has 8 heteroatoms. The monoisotopic (exact) mass is 286 g/mol. The zero-order valence-corrected chi connectivity index (χ0v) is 12.1. The minimum absolute atomic E-state index is 0.524. The summed E-state index contributed by atoms with van der Waals surface area (Å²) in [5.41, 5.74) is 0.524. The van der Waals surface area contributed by atoms with Crippen LogP contribution in [0.15, 0.2) is 5.03 Å². The molecule has 0 saturated carbocycles. The first-order chi connectivity index (χ1) is 7.00. The van der Waals surface area contributed by atoms with Crippen LogP contribution in [0.2, 0.25) is 5.02 Å². The topological polar surface area (TPSA) is 36.3 Å². The van der Waals surface area contributed by atoms with Crippen molar-refractivity contribution in [3.8, 4) is 0 Å². The Morgan fingerprint density at radius 3 is 2.33 bits per heavy atom. The summed E-state index contributed by atoms with van der Waals surface area (Å²) >= 11 is 13.0. The zero-order chi connectivity index (χ0) is 11.6. The molecule has 86 valence electrons. The van der Waals surface area contributed by atoms with Gasteiger partial charge in [0.05, 0.1) is 0 Å². The molecule has 1 rings (SSSR count). The van der Waals surface area contributed by atoms with Gasteiger partial charge in [-0.3, -0.25) is 4.68 Å². The molecule has 0 bridgehead atoms. The summed E-state index contributed by atoms with van der Waals surface area (Å²) in [4.78, 5) is 0. The van der Waals surface area contributed by atoms with Gasteiger partial charge in [0, 0.05) is 21.3 Å². The Labute approximate surface area is 103 Å². The first-order valence-electron chi connectivity index (χ1n) is 3.98. The van der Waals surface area contributed by atoms with E-state index >= 15 is 0 Å². The molecule has 0 spiro atoms. The van der Waals surface area contributed by atoms with Crippen LogP contribution in [0.25, 0.3) is 0 Å². The van der Waals surface area contributed by atoms with Crippen LogP contribution in [0, 0.1) is 0 Å². The fourth-order valence-corrected chi connectivity index (χ4v) is 4.11. The normalized spacial score (nSPS) is 12.1. The maximum absolute atomic E-state index is 6.17. The molecule has 0 aliphatic carbocycles. The average Bonchev–Trinajstić information content (AvgIpc) is 2.53. The minimum atomic E-state index is -2.53. The number of aromatic nitrogens is 2. The molecule has 1 aromatic heterocycles. The fraction of sp³-hybridized carbons (Fsp3) is 0.571. The highest BCUT2D eigenvalue weighted by molar-refractivity contribution is 8.13. The lowest BCUT2D eigenvalue weighted by Crippen LogP contribution is -2.11. The summed E-state index contributed by atoms with van der Waals surface area (Å²) in [7, 11) is 4.83. The van der Waals surface area contributed by atoms with E-state index in [1.807, 2.05) is 13.3 Å². The maximum Gasteiger partial charge on any atom is 0.240 e. The highest BCUT2D eigenvalue weighted by atomic mass is 35.5. The van der Waals surface area contributed by atoms with Crippen LogP contribution in [0.5, 0.6) is 0 Å². The van der Waals surface area contributed by atoms with Crippen LogP contribution in [-0.4, -0.2) is 30.3 Å². The van der Waals surface area contributed by atoms with Crippen molar-refractivity contribution in [1.82, 2.24) is 9.78 Å². The van der Waals surface area contributed by atoms with Crippen molar-refractivity contribution in [2.45, 2.75) is 5.03 Å². The van der Waals surface area contributed by atoms with E-state index in [9.17, 15) is 0 Å². The van der Waals surface area contributed by atoms with Crippen molar-refractivity contribution in [3.05, 3.63) is 5.02 Å². The van der Waals surface area contributed by atoms with Crippen LogP contribution in [0.4, 0.5) is 0 Å². The summed E-state index contributed by atoms with van der Waals surface area (Å²) in [6.07, 6.45) is 1.93. The van der Waals surface area contributed by atoms with Crippen LogP contribution in [0.1, 0.15) is 0 Å². The van der Waals surface area contributed by atoms with E-state index in [1.54, 1.807) is 4.68 Å². The van der Waals surface area contributed by atoms with Crippen LogP contribution in [0.3, 0.4) is 0 Å². The van der Waals surface area contributed by atoms with E-state index in [1.165, 1.54) is 26.0 Å². The standard InChI is InChI=1S/C7H12ClN2O2PS2/c1-10-7(15-4)5(8)6(9-10)13(14,11-2)12-3/h1-4H3. The minimum Gasteiger partial charge on any atom is -0.328 e. The molecule has 1 heterocycles. The van der Waals surface area contributed by atoms with E-state index in [-0.39, 0.29) is 0 Å². The number of hydrogen-bond acceptors (Lipinski definition) is 5. The number of hydrogen-bond donors (Lipinski definition) is 0. The van der Waals surface area contributed by atoms with Crippen LogP contribution in [-0.2, 0) is 27.9 Å². The van der Waals surface area contributed by atoms with Crippen molar-refractivity contribution in [2.75, 3.05) is 20.5 Å². The average molecular weight is 287 g/mol. The van der Waals surface area contributed by atoms with Gasteiger partial charge in [0.2, 0.25) is 6.49 Å². The van der Waals surface area contributed by atoms with Gasteiger partial charge in [-0.25, -0.2) is 0 Å². The van der Waals surface area contributed by atoms with E-state index in [2.05, 4.69) is 5.10 Å². The Bertz CT molecular complexity index is 402. The van der Waals surface area contributed by atoms with Gasteiger partial charge in [0.15, 0.2) is 5.44 Å². The third-order valence-corrected chi connectivity index (χ3v) is 6.52. The second-order valence-electron chi connectivity index (χ2n) is 2.63.